The molecule has 3 atom stereocenters. The maximum atomic E-state index is 14.2. The highest BCUT2D eigenvalue weighted by Crippen LogP contribution is 2.43. The Morgan fingerprint density at radius 2 is 1.91 bits per heavy atom. The molecule has 3 unspecified atom stereocenters. The van der Waals surface area contributed by atoms with E-state index in [4.69, 9.17) is 4.99 Å². The molecule has 2 aromatic carbocycles. The zero-order chi connectivity index (χ0) is 22.1. The number of hydrogen-bond acceptors (Lipinski definition) is 2. The summed E-state index contributed by atoms with van der Waals surface area (Å²) in [6, 6.07) is 15.8. The van der Waals surface area contributed by atoms with Crippen LogP contribution in [0.5, 0.6) is 0 Å². The summed E-state index contributed by atoms with van der Waals surface area (Å²) in [5.74, 6) is 1.59. The monoisotopic (exact) mass is 562 g/mol. The van der Waals surface area contributed by atoms with Gasteiger partial charge in [0.25, 0.3) is 0 Å². The van der Waals surface area contributed by atoms with E-state index in [0.717, 1.165) is 50.4 Å². The molecule has 2 heterocycles. The number of fused-ring (bicyclic) bond motifs is 1. The number of anilines is 1. The fourth-order valence-corrected chi connectivity index (χ4v) is 5.19. The van der Waals surface area contributed by atoms with E-state index in [1.807, 2.05) is 24.0 Å². The first-order valence-corrected chi connectivity index (χ1v) is 11.9. The van der Waals surface area contributed by atoms with Crippen molar-refractivity contribution in [1.82, 2.24) is 10.2 Å². The van der Waals surface area contributed by atoms with Crippen LogP contribution in [0.1, 0.15) is 55.6 Å². The van der Waals surface area contributed by atoms with Gasteiger partial charge in [0.15, 0.2) is 5.96 Å². The van der Waals surface area contributed by atoms with Crippen molar-refractivity contribution in [2.75, 3.05) is 31.1 Å². The van der Waals surface area contributed by atoms with Gasteiger partial charge in [0.2, 0.25) is 5.91 Å². The molecule has 33 heavy (non-hydrogen) atoms. The van der Waals surface area contributed by atoms with Crippen LogP contribution in [0.25, 0.3) is 0 Å². The number of nitrogens with zero attached hydrogens (tertiary/aromatic N) is 3. The largest absolute Gasteiger partial charge is 0.353 e. The maximum Gasteiger partial charge on any atom is 0.222 e. The summed E-state index contributed by atoms with van der Waals surface area (Å²) in [6.45, 7) is 5.29. The van der Waals surface area contributed by atoms with Crippen LogP contribution in [0.3, 0.4) is 0 Å². The fraction of sp³-hybridized carbons (Fsp3) is 0.462. The lowest BCUT2D eigenvalue weighted by Crippen LogP contribution is -2.42. The summed E-state index contributed by atoms with van der Waals surface area (Å²) in [5.41, 5.74) is 3.30. The summed E-state index contributed by atoms with van der Waals surface area (Å²) in [6.07, 6.45) is 3.54. The third-order valence-electron chi connectivity index (χ3n) is 6.96. The maximum absolute atomic E-state index is 14.2. The van der Waals surface area contributed by atoms with Gasteiger partial charge in [-0.3, -0.25) is 9.79 Å². The summed E-state index contributed by atoms with van der Waals surface area (Å²) < 4.78 is 14.2. The van der Waals surface area contributed by atoms with Gasteiger partial charge in [0.05, 0.1) is 0 Å². The Morgan fingerprint density at radius 1 is 1.15 bits per heavy atom. The van der Waals surface area contributed by atoms with Crippen molar-refractivity contribution in [2.24, 2.45) is 4.99 Å². The van der Waals surface area contributed by atoms with Crippen molar-refractivity contribution in [3.8, 4) is 0 Å². The second kappa shape index (κ2) is 10.4. The van der Waals surface area contributed by atoms with Crippen molar-refractivity contribution in [3.63, 3.8) is 0 Å². The molecule has 1 saturated heterocycles. The standard InChI is InChI=1S/C26H31FN4O.HI/c1-2-28-26(29-23-16-21(23)20-9-3-5-10-22(20)27)31-17-18(19-8-4-6-11-24(19)31)13-15-30-14-7-12-25(30)32;/h3-6,8-11,18,21,23H,2,7,12-17H2,1H3,(H,28,29);1H. The molecule has 5 nitrogen and oxygen atoms in total. The predicted molar refractivity (Wildman–Crippen MR) is 141 cm³/mol. The summed E-state index contributed by atoms with van der Waals surface area (Å²) >= 11 is 0. The van der Waals surface area contributed by atoms with Gasteiger partial charge in [0, 0.05) is 56.2 Å². The molecule has 0 spiro atoms. The van der Waals surface area contributed by atoms with E-state index in [1.165, 1.54) is 17.3 Å². The average Bonchev–Trinajstić information content (AvgIpc) is 3.27. The molecule has 0 bridgehead atoms. The second-order valence-corrected chi connectivity index (χ2v) is 9.05. The Hall–Kier alpha value is -2.16. The van der Waals surface area contributed by atoms with Crippen molar-refractivity contribution in [2.45, 2.75) is 50.5 Å². The number of para-hydroxylation sites is 1. The van der Waals surface area contributed by atoms with E-state index in [-0.39, 0.29) is 47.7 Å². The lowest BCUT2D eigenvalue weighted by molar-refractivity contribution is -0.127. The highest BCUT2D eigenvalue weighted by molar-refractivity contribution is 14.0. The predicted octanol–water partition coefficient (Wildman–Crippen LogP) is 4.88. The van der Waals surface area contributed by atoms with Crippen LogP contribution in [0.4, 0.5) is 10.1 Å². The van der Waals surface area contributed by atoms with E-state index in [1.54, 1.807) is 6.07 Å². The molecule has 7 heteroatoms. The molecule has 3 aliphatic rings. The number of hydrogen-bond donors (Lipinski definition) is 1. The van der Waals surface area contributed by atoms with Crippen LogP contribution in [-0.4, -0.2) is 49.0 Å². The number of likely N-dealkylation sites (tertiary alicyclic amines) is 1. The minimum atomic E-state index is -0.126. The number of benzene rings is 2. The Morgan fingerprint density at radius 3 is 2.64 bits per heavy atom. The lowest BCUT2D eigenvalue weighted by Gasteiger charge is -2.24. The molecule has 0 aromatic heterocycles. The highest BCUT2D eigenvalue weighted by Gasteiger charge is 2.42. The Kier molecular flexibility index (Phi) is 7.56. The molecule has 5 rings (SSSR count). The van der Waals surface area contributed by atoms with Crippen LogP contribution in [-0.2, 0) is 4.79 Å². The number of aliphatic imine (C=N–C) groups is 1. The number of halogens is 2. The molecule has 1 saturated carbocycles. The second-order valence-electron chi connectivity index (χ2n) is 9.05. The zero-order valence-corrected chi connectivity index (χ0v) is 21.4. The molecule has 1 amide bonds. The minimum Gasteiger partial charge on any atom is -0.353 e. The molecule has 1 aliphatic carbocycles. The van der Waals surface area contributed by atoms with Crippen molar-refractivity contribution in [3.05, 3.63) is 65.5 Å². The van der Waals surface area contributed by atoms with Gasteiger partial charge in [-0.1, -0.05) is 36.4 Å². The summed E-state index contributed by atoms with van der Waals surface area (Å²) in [4.78, 5) is 21.1. The number of amides is 1. The normalized spacial score (nSPS) is 24.0. The first-order valence-electron chi connectivity index (χ1n) is 11.9. The van der Waals surface area contributed by atoms with E-state index < -0.39 is 0 Å². The van der Waals surface area contributed by atoms with Gasteiger partial charge in [-0.2, -0.15) is 0 Å². The Labute approximate surface area is 212 Å². The van der Waals surface area contributed by atoms with Crippen molar-refractivity contribution in [1.29, 1.82) is 0 Å². The molecule has 176 valence electrons. The quantitative estimate of drug-likeness (QED) is 0.310. The molecule has 2 aliphatic heterocycles. The first-order chi connectivity index (χ1) is 15.7. The van der Waals surface area contributed by atoms with Crippen LogP contribution < -0.4 is 10.2 Å². The van der Waals surface area contributed by atoms with E-state index in [9.17, 15) is 9.18 Å². The third kappa shape index (κ3) is 5.03. The zero-order valence-electron chi connectivity index (χ0n) is 19.0. The summed E-state index contributed by atoms with van der Waals surface area (Å²) in [7, 11) is 0. The van der Waals surface area contributed by atoms with Crippen LogP contribution >= 0.6 is 24.0 Å². The van der Waals surface area contributed by atoms with Gasteiger partial charge >= 0.3 is 0 Å². The lowest BCUT2D eigenvalue weighted by atomic mass is 9.98. The van der Waals surface area contributed by atoms with Crippen LogP contribution in [0.15, 0.2) is 53.5 Å². The van der Waals surface area contributed by atoms with Gasteiger partial charge < -0.3 is 15.1 Å². The third-order valence-corrected chi connectivity index (χ3v) is 6.96. The van der Waals surface area contributed by atoms with E-state index in [0.29, 0.717) is 18.9 Å². The number of nitrogens with one attached hydrogen (secondary N) is 1. The van der Waals surface area contributed by atoms with E-state index in [2.05, 4.69) is 34.5 Å². The number of carbonyl (C=O) groups is 1. The topological polar surface area (TPSA) is 47.9 Å². The molecular formula is C26H32FIN4O. The molecule has 2 fully saturated rings. The Balaban J connectivity index is 0.00000259. The van der Waals surface area contributed by atoms with Gasteiger partial charge in [-0.25, -0.2) is 4.39 Å². The molecule has 0 radical (unpaired) electrons. The van der Waals surface area contributed by atoms with Crippen LogP contribution in [0.2, 0.25) is 0 Å². The number of guanidine groups is 1. The van der Waals surface area contributed by atoms with Gasteiger partial charge in [0.1, 0.15) is 5.82 Å². The van der Waals surface area contributed by atoms with Crippen molar-refractivity contribution >= 4 is 41.5 Å². The molecule has 2 aromatic rings. The smallest absolute Gasteiger partial charge is 0.222 e. The number of carbonyl (C=O) groups excluding carboxylic acids is 1. The Bertz CT molecular complexity index is 1030. The average molecular weight is 562 g/mol. The number of rotatable bonds is 6. The first kappa shape index (κ1) is 24.0. The van der Waals surface area contributed by atoms with Gasteiger partial charge in [-0.05, 0) is 49.4 Å². The fourth-order valence-electron chi connectivity index (χ4n) is 5.19. The SMILES string of the molecule is CCN=C(NC1CC1c1ccccc1F)N1CC(CCN2CCCC2=O)c2ccccc21.I. The summed E-state index contributed by atoms with van der Waals surface area (Å²) in [5, 5.41) is 3.62. The van der Waals surface area contributed by atoms with Crippen molar-refractivity contribution < 1.29 is 9.18 Å². The molecular weight excluding hydrogens is 530 g/mol. The minimum absolute atomic E-state index is 0. The highest BCUT2D eigenvalue weighted by atomic mass is 127. The van der Waals surface area contributed by atoms with Gasteiger partial charge in [-0.15, -0.1) is 24.0 Å². The van der Waals surface area contributed by atoms with Crippen LogP contribution in [0, 0.1) is 5.82 Å². The van der Waals surface area contributed by atoms with E-state index >= 15 is 0 Å². The molecule has 1 N–H and O–H groups in total.